The molecule has 0 unspecified atom stereocenters. The topological polar surface area (TPSA) is 113 Å². The Bertz CT molecular complexity index is 816. The molecular weight excluding hydrogens is 379 g/mol. The maximum absolute atomic E-state index is 12.9. The van der Waals surface area contributed by atoms with Gasteiger partial charge in [-0.3, -0.25) is 14.4 Å². The van der Waals surface area contributed by atoms with Crippen molar-refractivity contribution in [2.24, 2.45) is 0 Å². The first kappa shape index (κ1) is 20.8. The van der Waals surface area contributed by atoms with E-state index in [2.05, 4.69) is 0 Å². The number of halogens is 1. The van der Waals surface area contributed by atoms with Gasteiger partial charge >= 0.3 is 0 Å². The van der Waals surface area contributed by atoms with Gasteiger partial charge in [0.15, 0.2) is 5.76 Å². The van der Waals surface area contributed by atoms with E-state index in [1.807, 2.05) is 0 Å². The van der Waals surface area contributed by atoms with E-state index in [0.29, 0.717) is 24.5 Å². The van der Waals surface area contributed by atoms with E-state index in [9.17, 15) is 27.5 Å². The molecule has 0 atom stereocenters. The Hall–Kier alpha value is -2.46. The van der Waals surface area contributed by atoms with Crippen LogP contribution in [0, 0.1) is 5.82 Å². The van der Waals surface area contributed by atoms with Crippen molar-refractivity contribution in [2.75, 3.05) is 7.11 Å². The molecule has 27 heavy (non-hydrogen) atoms. The van der Waals surface area contributed by atoms with Gasteiger partial charge in [0.25, 0.3) is 11.8 Å². The number of nitrogens with zero attached hydrogens (tertiary/aromatic N) is 1. The number of sulfonamides is 1. The third kappa shape index (κ3) is 5.76. The number of hydrogen-bond donors (Lipinski definition) is 2. The molecule has 1 aliphatic rings. The van der Waals surface area contributed by atoms with Gasteiger partial charge in [-0.05, 0) is 30.5 Å². The maximum Gasteiger partial charge on any atom is 0.299 e. The summed E-state index contributed by atoms with van der Waals surface area (Å²) in [4.78, 5) is 28.9. The Morgan fingerprint density at radius 1 is 1.30 bits per heavy atom. The monoisotopic (exact) mass is 400 g/mol. The summed E-state index contributed by atoms with van der Waals surface area (Å²) in [6, 6.07) is 5.31. The summed E-state index contributed by atoms with van der Waals surface area (Å²) in [5.74, 6) is -3.66. The third-order valence-electron chi connectivity index (χ3n) is 4.17. The van der Waals surface area contributed by atoms with Crippen molar-refractivity contribution in [2.45, 2.75) is 37.5 Å². The predicted octanol–water partition coefficient (Wildman–Crippen LogP) is 1.55. The van der Waals surface area contributed by atoms with E-state index in [1.54, 1.807) is 4.72 Å². The Morgan fingerprint density at radius 2 is 1.89 bits per heavy atom. The molecule has 2 rings (SSSR count). The molecule has 0 aromatic heterocycles. The number of rotatable bonds is 7. The zero-order valence-electron chi connectivity index (χ0n) is 14.7. The zero-order chi connectivity index (χ0) is 20.0. The molecule has 148 valence electrons. The molecule has 2 N–H and O–H groups in total. The normalized spacial score (nSPS) is 15.6. The van der Waals surface area contributed by atoms with Crippen LogP contribution in [0.3, 0.4) is 0 Å². The Kier molecular flexibility index (Phi) is 6.92. The first-order valence-electron chi connectivity index (χ1n) is 8.29. The third-order valence-corrected chi connectivity index (χ3v) is 5.99. The average molecular weight is 400 g/mol. The molecule has 1 aliphatic carbocycles. The fraction of sp³-hybridized carbons (Fsp3) is 0.412. The highest BCUT2D eigenvalue weighted by molar-refractivity contribution is 7.90. The van der Waals surface area contributed by atoms with Crippen molar-refractivity contribution in [1.82, 2.24) is 9.79 Å². The number of benzene rings is 1. The van der Waals surface area contributed by atoms with Crippen molar-refractivity contribution in [3.8, 4) is 0 Å². The first-order chi connectivity index (χ1) is 12.7. The second-order valence-corrected chi connectivity index (χ2v) is 8.06. The Morgan fingerprint density at radius 3 is 2.44 bits per heavy atom. The first-order valence-corrected chi connectivity index (χ1v) is 9.84. The van der Waals surface area contributed by atoms with E-state index >= 15 is 0 Å². The zero-order valence-corrected chi connectivity index (χ0v) is 15.5. The lowest BCUT2D eigenvalue weighted by atomic mass is 10.2. The smallest absolute Gasteiger partial charge is 0.299 e. The number of carbonyl (C=O) groups excluding carboxylic acids is 2. The van der Waals surface area contributed by atoms with Crippen molar-refractivity contribution in [3.63, 3.8) is 0 Å². The lowest BCUT2D eigenvalue weighted by molar-refractivity contribution is -0.173. The molecule has 1 fully saturated rings. The quantitative estimate of drug-likeness (QED) is 0.408. The molecule has 10 heteroatoms. The van der Waals surface area contributed by atoms with E-state index in [1.165, 1.54) is 31.4 Å². The van der Waals surface area contributed by atoms with Crippen LogP contribution < -0.4 is 4.72 Å². The van der Waals surface area contributed by atoms with E-state index < -0.39 is 38.7 Å². The minimum absolute atomic E-state index is 0.0681. The lowest BCUT2D eigenvalue weighted by Gasteiger charge is -2.18. The van der Waals surface area contributed by atoms with E-state index in [0.717, 1.165) is 17.9 Å². The minimum atomic E-state index is -3.91. The van der Waals surface area contributed by atoms with Gasteiger partial charge in [-0.15, -0.1) is 0 Å². The molecule has 1 aromatic carbocycles. The maximum atomic E-state index is 12.9. The molecule has 2 amide bonds. The number of hydroxylamine groups is 2. The number of hydrogen-bond acceptors (Lipinski definition) is 6. The molecule has 0 heterocycles. The van der Waals surface area contributed by atoms with Gasteiger partial charge in [-0.2, -0.15) is 0 Å². The SMILES string of the molecule is CON(Cc1ccc(F)cc1)C(=O)/C=C(\O)C(=O)NS(=O)(=O)C1CCCC1. The minimum Gasteiger partial charge on any atom is -0.503 e. The van der Waals surface area contributed by atoms with Crippen LogP contribution >= 0.6 is 0 Å². The van der Waals surface area contributed by atoms with Crippen LogP contribution in [0.4, 0.5) is 4.39 Å². The number of aliphatic hydroxyl groups is 1. The lowest BCUT2D eigenvalue weighted by Crippen LogP contribution is -2.38. The van der Waals surface area contributed by atoms with Gasteiger partial charge in [0.1, 0.15) is 5.82 Å². The molecule has 1 aromatic rings. The molecule has 8 nitrogen and oxygen atoms in total. The number of aliphatic hydroxyl groups excluding tert-OH is 1. The molecular formula is C17H21FN2O6S. The summed E-state index contributed by atoms with van der Waals surface area (Å²) in [5, 5.41) is 9.91. The second-order valence-electron chi connectivity index (χ2n) is 6.10. The largest absolute Gasteiger partial charge is 0.503 e. The van der Waals surface area contributed by atoms with E-state index in [-0.39, 0.29) is 6.54 Å². The van der Waals surface area contributed by atoms with Gasteiger partial charge in [-0.25, -0.2) is 22.6 Å². The van der Waals surface area contributed by atoms with Gasteiger partial charge in [-0.1, -0.05) is 25.0 Å². The molecule has 0 bridgehead atoms. The summed E-state index contributed by atoms with van der Waals surface area (Å²) < 4.78 is 38.8. The number of amides is 2. The predicted molar refractivity (Wildman–Crippen MR) is 94.0 cm³/mol. The standard InChI is InChI=1S/C17H21FN2O6S/c1-26-20(11-12-6-8-13(18)9-7-12)16(22)10-15(21)17(23)19-27(24,25)14-4-2-3-5-14/h6-10,14,21H,2-5,11H2,1H3,(H,19,23)/b15-10-. The van der Waals surface area contributed by atoms with Crippen LogP contribution in [0.2, 0.25) is 0 Å². The number of nitrogens with one attached hydrogen (secondary N) is 1. The second kappa shape index (κ2) is 8.96. The molecule has 1 saturated carbocycles. The highest BCUT2D eigenvalue weighted by Crippen LogP contribution is 2.24. The van der Waals surface area contributed by atoms with Gasteiger partial charge in [0.2, 0.25) is 10.0 Å². The molecule has 0 spiro atoms. The highest BCUT2D eigenvalue weighted by atomic mass is 32.2. The van der Waals surface area contributed by atoms with Gasteiger partial charge < -0.3 is 5.11 Å². The van der Waals surface area contributed by atoms with Crippen LogP contribution in [-0.4, -0.2) is 42.8 Å². The van der Waals surface area contributed by atoms with Crippen LogP contribution in [-0.2, 0) is 31.0 Å². The van der Waals surface area contributed by atoms with Crippen molar-refractivity contribution < 1.29 is 32.3 Å². The molecule has 0 aliphatic heterocycles. The van der Waals surface area contributed by atoms with E-state index in [4.69, 9.17) is 4.84 Å². The summed E-state index contributed by atoms with van der Waals surface area (Å²) in [6.07, 6.45) is 2.97. The van der Waals surface area contributed by atoms with Crippen LogP contribution in [0.25, 0.3) is 0 Å². The fourth-order valence-corrected chi connectivity index (χ4v) is 4.19. The summed E-state index contributed by atoms with van der Waals surface area (Å²) in [7, 11) is -2.71. The van der Waals surface area contributed by atoms with Crippen LogP contribution in [0.1, 0.15) is 31.2 Å². The van der Waals surface area contributed by atoms with Crippen molar-refractivity contribution in [1.29, 1.82) is 0 Å². The van der Waals surface area contributed by atoms with Crippen LogP contribution in [0.15, 0.2) is 36.1 Å². The Balaban J connectivity index is 2.02. The average Bonchev–Trinajstić information content (AvgIpc) is 3.16. The molecule has 0 saturated heterocycles. The van der Waals surface area contributed by atoms with Crippen molar-refractivity contribution >= 4 is 21.8 Å². The van der Waals surface area contributed by atoms with Gasteiger partial charge in [0.05, 0.1) is 25.0 Å². The summed E-state index contributed by atoms with van der Waals surface area (Å²) >= 11 is 0. The number of carbonyl (C=O) groups is 2. The van der Waals surface area contributed by atoms with Crippen molar-refractivity contribution in [3.05, 3.63) is 47.5 Å². The summed E-state index contributed by atoms with van der Waals surface area (Å²) in [6.45, 7) is -0.0681. The Labute approximate surface area is 156 Å². The highest BCUT2D eigenvalue weighted by Gasteiger charge is 2.31. The van der Waals surface area contributed by atoms with Crippen LogP contribution in [0.5, 0.6) is 0 Å². The summed E-state index contributed by atoms with van der Waals surface area (Å²) in [5.41, 5.74) is 0.549. The fourth-order valence-electron chi connectivity index (χ4n) is 2.71. The molecule has 0 radical (unpaired) electrons. The van der Waals surface area contributed by atoms with Gasteiger partial charge in [0, 0.05) is 0 Å².